The maximum atomic E-state index is 2.42. The first-order chi connectivity index (χ1) is 54.5. The molecular formula is C112H96. The molecule has 112 heavy (non-hydrogen) atoms. The maximum Gasteiger partial charge on any atom is -0.000695 e. The molecule has 8 aliphatic carbocycles. The van der Waals surface area contributed by atoms with Gasteiger partial charge in [0.1, 0.15) is 0 Å². The van der Waals surface area contributed by atoms with Gasteiger partial charge in [-0.15, -0.1) is 0 Å². The minimum Gasteiger partial charge on any atom is -0.0616 e. The van der Waals surface area contributed by atoms with Gasteiger partial charge < -0.3 is 0 Å². The zero-order valence-electron chi connectivity index (χ0n) is 67.1. The van der Waals surface area contributed by atoms with Crippen LogP contribution in [0.4, 0.5) is 0 Å². The van der Waals surface area contributed by atoms with E-state index in [2.05, 4.69) is 326 Å². The Morgan fingerprint density at radius 1 is 0.179 bits per heavy atom. The SMILES string of the molecule is Cc1ccc2c(c1C(C)C)Cc1ccc3c(c1-2)-c1cc2ccccc2cc1C3.Cc1ccc2c(c1C(C)C)Cc1ccc3c(c1-2)-c1ccc2ccccc2c1C3.Cc1ccc2c(c1C(C)C)Cc1ccc3c(c1-2)Cc1cc2ccccc2cc1-3.Cc1ccc2c(c1C(C)C)Cc1ccc3c(c1-2)Cc1ccc2ccccc2c1-3. The van der Waals surface area contributed by atoms with E-state index in [9.17, 15) is 0 Å². The molecule has 0 nitrogen and oxygen atoms in total. The first-order valence-electron chi connectivity index (χ1n) is 41.7. The lowest BCUT2D eigenvalue weighted by Crippen LogP contribution is -1.98. The van der Waals surface area contributed by atoms with Gasteiger partial charge in [0, 0.05) is 0 Å². The summed E-state index contributed by atoms with van der Waals surface area (Å²) in [4.78, 5) is 0. The van der Waals surface area contributed by atoms with Crippen LogP contribution in [-0.4, -0.2) is 0 Å². The van der Waals surface area contributed by atoms with Crippen molar-refractivity contribution in [2.75, 3.05) is 0 Å². The highest BCUT2D eigenvalue weighted by molar-refractivity contribution is 6.06. The van der Waals surface area contributed by atoms with E-state index in [4.69, 9.17) is 0 Å². The van der Waals surface area contributed by atoms with Gasteiger partial charge in [0.15, 0.2) is 0 Å². The van der Waals surface area contributed by atoms with E-state index in [1.165, 1.54) is 210 Å². The van der Waals surface area contributed by atoms with E-state index in [0.29, 0.717) is 23.7 Å². The first-order valence-corrected chi connectivity index (χ1v) is 41.7. The van der Waals surface area contributed by atoms with Crippen molar-refractivity contribution in [3.05, 3.63) is 376 Å². The molecule has 0 aromatic heterocycles. The van der Waals surface area contributed by atoms with Gasteiger partial charge in [0.2, 0.25) is 0 Å². The molecule has 16 aromatic carbocycles. The standard InChI is InChI=1S/4C28H24/c1-16(2)26-17(3)8-12-23-25(26)15-20-10-9-19-14-24-21-7-5-4-6-18(21)11-13-22(24)27(19)28(20)23;1-16(2)26-17(3)8-12-22-24(26)14-20-11-13-23-25(28(20)22)15-19-10-9-18-6-4-5-7-21(18)27(19)23;1-16(2)26-17(3)8-11-23-25(26)15-21-10-9-20-13-22-12-18-6-4-5-7-19(18)14-24(22)28(20)27(21)23;1-16(2)27-17(3)8-10-23-26(27)14-20-9-11-22-24-13-19-7-5-4-6-18(19)12-21(24)15-25(22)28(20)23/h2*4-13,16H,14-15H2,1-3H3;4-12,14,16H,13,15H2,1-3H3;4-13,16H,14-15H2,1-3H3. The van der Waals surface area contributed by atoms with Crippen LogP contribution in [0.1, 0.15) is 213 Å². The molecule has 0 N–H and O–H groups in total. The van der Waals surface area contributed by atoms with Crippen molar-refractivity contribution in [2.45, 2.75) is 158 Å². The van der Waals surface area contributed by atoms with Crippen LogP contribution in [0.25, 0.3) is 132 Å². The Morgan fingerprint density at radius 3 is 0.920 bits per heavy atom. The minimum absolute atomic E-state index is 0.563. The Morgan fingerprint density at radius 2 is 0.446 bits per heavy atom. The third-order valence-corrected chi connectivity index (χ3v) is 27.3. The maximum absolute atomic E-state index is 2.42. The minimum atomic E-state index is 0.563. The van der Waals surface area contributed by atoms with Crippen LogP contribution >= 0.6 is 0 Å². The highest BCUT2D eigenvalue weighted by Crippen LogP contribution is 2.57. The molecule has 16 aromatic rings. The molecule has 0 heterocycles. The first kappa shape index (κ1) is 68.6. The summed E-state index contributed by atoms with van der Waals surface area (Å²) in [5.41, 5.74) is 59.9. The molecule has 24 rings (SSSR count). The number of rotatable bonds is 4. The second-order valence-electron chi connectivity index (χ2n) is 35.2. The van der Waals surface area contributed by atoms with Gasteiger partial charge in [-0.05, 0) is 380 Å². The third kappa shape index (κ3) is 10.5. The molecule has 0 saturated carbocycles. The second-order valence-corrected chi connectivity index (χ2v) is 35.2. The summed E-state index contributed by atoms with van der Waals surface area (Å²) < 4.78 is 0. The second kappa shape index (κ2) is 26.1. The Labute approximate surface area is 662 Å². The summed E-state index contributed by atoms with van der Waals surface area (Å²) in [5.74, 6) is 2.26. The monoisotopic (exact) mass is 1440 g/mol. The number of benzene rings is 16. The zero-order chi connectivity index (χ0) is 76.0. The molecular weight excluding hydrogens is 1350 g/mol. The molecule has 0 unspecified atom stereocenters. The number of hydrogen-bond acceptors (Lipinski definition) is 0. The predicted octanol–water partition coefficient (Wildman–Crippen LogP) is 29.7. The zero-order valence-corrected chi connectivity index (χ0v) is 67.1. The van der Waals surface area contributed by atoms with Crippen molar-refractivity contribution in [2.24, 2.45) is 0 Å². The average Bonchev–Trinajstić information content (AvgIpc) is 1.59. The summed E-state index contributed by atoms with van der Waals surface area (Å²) >= 11 is 0. The summed E-state index contributed by atoms with van der Waals surface area (Å²) in [6, 6.07) is 92.0. The van der Waals surface area contributed by atoms with E-state index < -0.39 is 0 Å². The molecule has 544 valence electrons. The molecule has 0 saturated heterocycles. The van der Waals surface area contributed by atoms with Gasteiger partial charge in [-0.25, -0.2) is 0 Å². The molecule has 0 fully saturated rings. The fourth-order valence-corrected chi connectivity index (χ4v) is 22.9. The topological polar surface area (TPSA) is 0 Å². The average molecular weight is 1440 g/mol. The van der Waals surface area contributed by atoms with E-state index >= 15 is 0 Å². The van der Waals surface area contributed by atoms with Crippen LogP contribution in [0.5, 0.6) is 0 Å². The number of hydrogen-bond donors (Lipinski definition) is 0. The van der Waals surface area contributed by atoms with Gasteiger partial charge >= 0.3 is 0 Å². The van der Waals surface area contributed by atoms with Crippen molar-refractivity contribution < 1.29 is 0 Å². The van der Waals surface area contributed by atoms with E-state index in [1.807, 2.05) is 0 Å². The number of fused-ring (bicyclic) bond motifs is 34. The van der Waals surface area contributed by atoms with E-state index in [1.54, 1.807) is 55.6 Å². The lowest BCUT2D eigenvalue weighted by Gasteiger charge is -2.16. The van der Waals surface area contributed by atoms with Gasteiger partial charge in [0.05, 0.1) is 0 Å². The van der Waals surface area contributed by atoms with E-state index in [0.717, 1.165) is 51.4 Å². The summed E-state index contributed by atoms with van der Waals surface area (Å²) in [7, 11) is 0. The molecule has 0 spiro atoms. The van der Waals surface area contributed by atoms with E-state index in [-0.39, 0.29) is 0 Å². The highest BCUT2D eigenvalue weighted by atomic mass is 14.4. The molecule has 0 radical (unpaired) electrons. The molecule has 8 aliphatic rings. The number of aryl methyl sites for hydroxylation is 4. The van der Waals surface area contributed by atoms with Crippen molar-refractivity contribution in [3.63, 3.8) is 0 Å². The molecule has 0 atom stereocenters. The largest absolute Gasteiger partial charge is 0.0616 e. The lowest BCUT2D eigenvalue weighted by atomic mass is 9.88. The summed E-state index contributed by atoms with van der Waals surface area (Å²) in [6.45, 7) is 27.7. The van der Waals surface area contributed by atoms with Crippen LogP contribution in [-0.2, 0) is 51.4 Å². The molecule has 0 amide bonds. The normalized spacial score (nSPS) is 13.6. The quantitative estimate of drug-likeness (QED) is 0.165. The smallest absolute Gasteiger partial charge is 0.000695 e. The fraction of sp³-hybridized carbons (Fsp3) is 0.214. The molecule has 0 bridgehead atoms. The van der Waals surface area contributed by atoms with Crippen LogP contribution in [0.3, 0.4) is 0 Å². The van der Waals surface area contributed by atoms with Crippen LogP contribution in [0, 0.1) is 27.7 Å². The van der Waals surface area contributed by atoms with Crippen molar-refractivity contribution in [1.82, 2.24) is 0 Å². The van der Waals surface area contributed by atoms with Gasteiger partial charge in [-0.1, -0.05) is 286 Å². The van der Waals surface area contributed by atoms with Crippen molar-refractivity contribution >= 4 is 43.1 Å². The van der Waals surface area contributed by atoms with Crippen molar-refractivity contribution in [1.29, 1.82) is 0 Å². The Kier molecular flexibility index (Phi) is 16.0. The Balaban J connectivity index is 0.0000000943. The molecule has 0 aliphatic heterocycles. The van der Waals surface area contributed by atoms with Crippen LogP contribution < -0.4 is 0 Å². The van der Waals surface area contributed by atoms with Gasteiger partial charge in [-0.2, -0.15) is 0 Å². The fourth-order valence-electron chi connectivity index (χ4n) is 22.9. The Bertz CT molecular complexity index is 6690. The summed E-state index contributed by atoms with van der Waals surface area (Å²) in [5, 5.41) is 10.9. The predicted molar refractivity (Wildman–Crippen MR) is 477 cm³/mol. The van der Waals surface area contributed by atoms with Gasteiger partial charge in [0.25, 0.3) is 0 Å². The van der Waals surface area contributed by atoms with Crippen LogP contribution in [0.2, 0.25) is 0 Å². The Hall–Kier alpha value is -11.4. The lowest BCUT2D eigenvalue weighted by molar-refractivity contribution is 0.842. The van der Waals surface area contributed by atoms with Crippen LogP contribution in [0.15, 0.2) is 243 Å². The summed E-state index contributed by atoms with van der Waals surface area (Å²) in [6.07, 6.45) is 8.56. The third-order valence-electron chi connectivity index (χ3n) is 27.3. The van der Waals surface area contributed by atoms with Crippen molar-refractivity contribution in [3.8, 4) is 89.0 Å². The van der Waals surface area contributed by atoms with Gasteiger partial charge in [-0.3, -0.25) is 0 Å². The molecule has 0 heteroatoms. The highest BCUT2D eigenvalue weighted by Gasteiger charge is 2.37.